The quantitative estimate of drug-likeness (QED) is 0.776. The summed E-state index contributed by atoms with van der Waals surface area (Å²) >= 11 is 0. The molecule has 1 aliphatic rings. The molecular formula is C16H20NO2+. The van der Waals surface area contributed by atoms with Gasteiger partial charge in [0.15, 0.2) is 18.3 Å². The van der Waals surface area contributed by atoms with Gasteiger partial charge in [0.2, 0.25) is 0 Å². The molecule has 0 amide bonds. The van der Waals surface area contributed by atoms with Gasteiger partial charge in [-0.3, -0.25) is 0 Å². The van der Waals surface area contributed by atoms with Crippen LogP contribution in [0.1, 0.15) is 37.7 Å². The number of fused-ring (bicyclic) bond motifs is 1. The molecule has 0 spiro atoms. The molecule has 0 atom stereocenters. The van der Waals surface area contributed by atoms with Crippen LogP contribution in [0.15, 0.2) is 33.6 Å². The maximum Gasteiger partial charge on any atom is 0.602 e. The molecule has 0 N–H and O–H groups in total. The number of hydrogen-bond acceptors (Lipinski definition) is 2. The fraction of sp³-hybridized carbons (Fsp3) is 0.500. The molecule has 1 saturated carbocycles. The largest absolute Gasteiger partial charge is 0.602 e. The van der Waals surface area contributed by atoms with Crippen LogP contribution >= 0.6 is 0 Å². The molecule has 3 heteroatoms. The SMILES string of the molecule is Cc1cccc2c[n+](CC3CCCCC3)c(=O)oc12. The van der Waals surface area contributed by atoms with Gasteiger partial charge in [-0.25, -0.2) is 0 Å². The molecule has 1 aromatic carbocycles. The Morgan fingerprint density at radius 1 is 1.26 bits per heavy atom. The fourth-order valence-electron chi connectivity index (χ4n) is 3.06. The van der Waals surface area contributed by atoms with Crippen molar-refractivity contribution < 1.29 is 8.98 Å². The molecular weight excluding hydrogens is 238 g/mol. The molecule has 2 aromatic rings. The number of para-hydroxylation sites is 1. The summed E-state index contributed by atoms with van der Waals surface area (Å²) in [6, 6.07) is 5.97. The molecule has 1 aromatic heterocycles. The Labute approximate surface area is 112 Å². The molecule has 0 aliphatic heterocycles. The van der Waals surface area contributed by atoms with Crippen molar-refractivity contribution in [2.45, 2.75) is 45.6 Å². The van der Waals surface area contributed by atoms with Gasteiger partial charge in [-0.15, -0.1) is 4.57 Å². The third-order valence-corrected chi connectivity index (χ3v) is 4.14. The maximum absolute atomic E-state index is 12.1. The van der Waals surface area contributed by atoms with Gasteiger partial charge in [0.05, 0.1) is 5.39 Å². The first-order valence-corrected chi connectivity index (χ1v) is 7.17. The lowest BCUT2D eigenvalue weighted by Gasteiger charge is -2.17. The number of aryl methyl sites for hydroxylation is 1. The van der Waals surface area contributed by atoms with Crippen molar-refractivity contribution >= 4 is 11.0 Å². The predicted molar refractivity (Wildman–Crippen MR) is 74.0 cm³/mol. The highest BCUT2D eigenvalue weighted by atomic mass is 16.4. The van der Waals surface area contributed by atoms with Crippen LogP contribution in [0, 0.1) is 12.8 Å². The van der Waals surface area contributed by atoms with Gasteiger partial charge in [-0.05, 0) is 31.4 Å². The molecule has 0 saturated heterocycles. The fourth-order valence-corrected chi connectivity index (χ4v) is 3.06. The first-order valence-electron chi connectivity index (χ1n) is 7.17. The van der Waals surface area contributed by atoms with E-state index in [2.05, 4.69) is 0 Å². The summed E-state index contributed by atoms with van der Waals surface area (Å²) in [4.78, 5) is 12.1. The van der Waals surface area contributed by atoms with Crippen LogP contribution in [0.5, 0.6) is 0 Å². The molecule has 0 bridgehead atoms. The number of hydrogen-bond donors (Lipinski definition) is 0. The van der Waals surface area contributed by atoms with Crippen molar-refractivity contribution in [3.8, 4) is 0 Å². The van der Waals surface area contributed by atoms with Crippen LogP contribution in [-0.4, -0.2) is 0 Å². The zero-order valence-electron chi connectivity index (χ0n) is 11.4. The van der Waals surface area contributed by atoms with Gasteiger partial charge in [0.25, 0.3) is 0 Å². The molecule has 100 valence electrons. The Morgan fingerprint density at radius 2 is 2.05 bits per heavy atom. The van der Waals surface area contributed by atoms with E-state index < -0.39 is 0 Å². The van der Waals surface area contributed by atoms with Crippen molar-refractivity contribution in [1.29, 1.82) is 0 Å². The zero-order valence-corrected chi connectivity index (χ0v) is 11.4. The predicted octanol–water partition coefficient (Wildman–Crippen LogP) is 2.97. The Bertz CT molecular complexity index is 639. The minimum atomic E-state index is -0.229. The molecule has 0 unspecified atom stereocenters. The zero-order chi connectivity index (χ0) is 13.2. The van der Waals surface area contributed by atoms with Gasteiger partial charge < -0.3 is 4.42 Å². The molecule has 3 rings (SSSR count). The highest BCUT2D eigenvalue weighted by Crippen LogP contribution is 2.23. The monoisotopic (exact) mass is 258 g/mol. The van der Waals surface area contributed by atoms with E-state index in [9.17, 15) is 4.79 Å². The second kappa shape index (κ2) is 5.16. The third kappa shape index (κ3) is 2.55. The topological polar surface area (TPSA) is 34.1 Å². The standard InChI is InChI=1S/C16H20NO2/c1-12-6-5-9-14-11-17(16(18)19-15(12)14)10-13-7-3-2-4-8-13/h5-6,9,11,13H,2-4,7-8,10H2,1H3/q+1. The van der Waals surface area contributed by atoms with E-state index in [1.807, 2.05) is 31.3 Å². The third-order valence-electron chi connectivity index (χ3n) is 4.14. The van der Waals surface area contributed by atoms with E-state index in [1.54, 1.807) is 4.57 Å². The summed E-state index contributed by atoms with van der Waals surface area (Å²) < 4.78 is 7.22. The molecule has 1 aliphatic carbocycles. The highest BCUT2D eigenvalue weighted by molar-refractivity contribution is 5.77. The summed E-state index contributed by atoms with van der Waals surface area (Å²) in [6.07, 6.45) is 8.35. The van der Waals surface area contributed by atoms with E-state index >= 15 is 0 Å². The first kappa shape index (κ1) is 12.4. The normalized spacial score (nSPS) is 16.9. The summed E-state index contributed by atoms with van der Waals surface area (Å²) in [6.45, 7) is 2.77. The summed E-state index contributed by atoms with van der Waals surface area (Å²) in [5.74, 6) is 0.399. The second-order valence-corrected chi connectivity index (χ2v) is 5.65. The lowest BCUT2D eigenvalue weighted by atomic mass is 9.89. The highest BCUT2D eigenvalue weighted by Gasteiger charge is 2.21. The number of aromatic nitrogens is 1. The second-order valence-electron chi connectivity index (χ2n) is 5.65. The summed E-state index contributed by atoms with van der Waals surface area (Å²) in [7, 11) is 0. The van der Waals surface area contributed by atoms with E-state index in [0.717, 1.165) is 17.5 Å². The minimum absolute atomic E-state index is 0.229. The van der Waals surface area contributed by atoms with Gasteiger partial charge in [0, 0.05) is 5.92 Å². The van der Waals surface area contributed by atoms with Crippen molar-refractivity contribution in [3.63, 3.8) is 0 Å². The Hall–Kier alpha value is -1.64. The van der Waals surface area contributed by atoms with E-state index in [-0.39, 0.29) is 5.76 Å². The average molecular weight is 258 g/mol. The van der Waals surface area contributed by atoms with E-state index in [0.29, 0.717) is 11.5 Å². The van der Waals surface area contributed by atoms with Crippen LogP contribution in [0.4, 0.5) is 0 Å². The van der Waals surface area contributed by atoms with E-state index in [1.165, 1.54) is 32.1 Å². The van der Waals surface area contributed by atoms with Gasteiger partial charge in [-0.1, -0.05) is 31.4 Å². The van der Waals surface area contributed by atoms with Crippen LogP contribution in [-0.2, 0) is 6.54 Å². The Balaban J connectivity index is 1.95. The maximum atomic E-state index is 12.1. The molecule has 1 fully saturated rings. The summed E-state index contributed by atoms with van der Waals surface area (Å²) in [5.41, 5.74) is 1.73. The Morgan fingerprint density at radius 3 is 2.84 bits per heavy atom. The van der Waals surface area contributed by atoms with Crippen LogP contribution < -0.4 is 10.3 Å². The Kier molecular flexibility index (Phi) is 3.36. The number of benzene rings is 1. The van der Waals surface area contributed by atoms with Crippen LogP contribution in [0.3, 0.4) is 0 Å². The molecule has 3 nitrogen and oxygen atoms in total. The van der Waals surface area contributed by atoms with Crippen LogP contribution in [0.2, 0.25) is 0 Å². The lowest BCUT2D eigenvalue weighted by Crippen LogP contribution is -2.51. The van der Waals surface area contributed by atoms with Crippen molar-refractivity contribution in [2.75, 3.05) is 0 Å². The van der Waals surface area contributed by atoms with Crippen molar-refractivity contribution in [1.82, 2.24) is 0 Å². The molecule has 0 radical (unpaired) electrons. The lowest BCUT2D eigenvalue weighted by molar-refractivity contribution is -0.726. The minimum Gasteiger partial charge on any atom is -0.371 e. The van der Waals surface area contributed by atoms with Crippen molar-refractivity contribution in [3.05, 3.63) is 40.5 Å². The summed E-state index contributed by atoms with van der Waals surface area (Å²) in [5, 5.41) is 1.01. The smallest absolute Gasteiger partial charge is 0.371 e. The van der Waals surface area contributed by atoms with Gasteiger partial charge >= 0.3 is 5.76 Å². The average Bonchev–Trinajstić information content (AvgIpc) is 2.42. The van der Waals surface area contributed by atoms with E-state index in [4.69, 9.17) is 4.42 Å². The first-order chi connectivity index (χ1) is 9.24. The van der Waals surface area contributed by atoms with Crippen molar-refractivity contribution in [2.24, 2.45) is 5.92 Å². The molecule has 1 heterocycles. The molecule has 19 heavy (non-hydrogen) atoms. The van der Waals surface area contributed by atoms with Crippen LogP contribution in [0.25, 0.3) is 11.0 Å². The van der Waals surface area contributed by atoms with Gasteiger partial charge in [0.1, 0.15) is 0 Å². The van der Waals surface area contributed by atoms with Gasteiger partial charge in [-0.2, -0.15) is 4.79 Å². The number of nitrogens with zero attached hydrogens (tertiary/aromatic N) is 1. The number of rotatable bonds is 2.